The molecule has 1 nitrogen and oxygen atoms in total. The summed E-state index contributed by atoms with van der Waals surface area (Å²) in [6.45, 7) is 0. The first kappa shape index (κ1) is 10.4. The summed E-state index contributed by atoms with van der Waals surface area (Å²) in [5, 5.41) is 0. The maximum atomic E-state index is 5.94. The second kappa shape index (κ2) is 4.62. The van der Waals surface area contributed by atoms with E-state index < -0.39 is 0 Å². The van der Waals surface area contributed by atoms with E-state index in [4.69, 9.17) is 4.74 Å². The molecule has 2 aromatic rings. The van der Waals surface area contributed by atoms with Crippen molar-refractivity contribution in [2.75, 3.05) is 0 Å². The minimum atomic E-state index is 0.885. The third-order valence-electron chi connectivity index (χ3n) is 3.15. The van der Waals surface area contributed by atoms with Crippen LogP contribution in [0.3, 0.4) is 0 Å². The van der Waals surface area contributed by atoms with Gasteiger partial charge in [0.15, 0.2) is 0 Å². The van der Waals surface area contributed by atoms with Crippen molar-refractivity contribution < 1.29 is 4.74 Å². The number of ether oxygens (including phenoxy) is 1. The van der Waals surface area contributed by atoms with Crippen LogP contribution in [0.25, 0.3) is 0 Å². The SMILES string of the molecule is c1ccc(Oc2ccccc2CC2CC2)cc1. The zero-order valence-electron chi connectivity index (χ0n) is 9.80. The number of hydrogen-bond acceptors (Lipinski definition) is 1. The van der Waals surface area contributed by atoms with Gasteiger partial charge in [-0.3, -0.25) is 0 Å². The fourth-order valence-corrected chi connectivity index (χ4v) is 2.02. The summed E-state index contributed by atoms with van der Waals surface area (Å²) in [5.74, 6) is 2.80. The van der Waals surface area contributed by atoms with Crippen LogP contribution < -0.4 is 4.74 Å². The molecular weight excluding hydrogens is 208 g/mol. The molecule has 86 valence electrons. The van der Waals surface area contributed by atoms with Crippen molar-refractivity contribution in [1.82, 2.24) is 0 Å². The van der Waals surface area contributed by atoms with Gasteiger partial charge in [-0.25, -0.2) is 0 Å². The van der Waals surface area contributed by atoms with E-state index in [0.717, 1.165) is 23.8 Å². The van der Waals surface area contributed by atoms with Crippen LogP contribution in [0.15, 0.2) is 54.6 Å². The van der Waals surface area contributed by atoms with E-state index in [9.17, 15) is 0 Å². The van der Waals surface area contributed by atoms with Crippen LogP contribution in [0, 0.1) is 5.92 Å². The standard InChI is InChI=1S/C16H16O/c1-2-7-15(8-3-1)17-16-9-5-4-6-14(16)12-13-10-11-13/h1-9,13H,10-12H2. The second-order valence-corrected chi connectivity index (χ2v) is 4.67. The molecule has 0 spiro atoms. The first-order valence-electron chi connectivity index (χ1n) is 6.22. The molecule has 0 unspecified atom stereocenters. The van der Waals surface area contributed by atoms with E-state index in [1.54, 1.807) is 0 Å². The molecule has 17 heavy (non-hydrogen) atoms. The Morgan fingerprint density at radius 2 is 1.59 bits per heavy atom. The predicted octanol–water partition coefficient (Wildman–Crippen LogP) is 4.43. The molecule has 1 heteroatoms. The summed E-state index contributed by atoms with van der Waals surface area (Å²) in [6, 6.07) is 18.4. The highest BCUT2D eigenvalue weighted by Crippen LogP contribution is 2.36. The molecule has 3 rings (SSSR count). The van der Waals surface area contributed by atoms with Gasteiger partial charge in [0, 0.05) is 0 Å². The van der Waals surface area contributed by atoms with Crippen LogP contribution in [0.1, 0.15) is 18.4 Å². The van der Waals surface area contributed by atoms with Gasteiger partial charge in [0.1, 0.15) is 11.5 Å². The van der Waals surface area contributed by atoms with E-state index in [1.165, 1.54) is 18.4 Å². The van der Waals surface area contributed by atoms with Crippen molar-refractivity contribution in [3.8, 4) is 11.5 Å². The normalized spacial score (nSPS) is 14.6. The third kappa shape index (κ3) is 2.68. The quantitative estimate of drug-likeness (QED) is 0.746. The van der Waals surface area contributed by atoms with E-state index in [1.807, 2.05) is 36.4 Å². The highest BCUT2D eigenvalue weighted by molar-refractivity contribution is 5.38. The number of benzene rings is 2. The molecule has 1 fully saturated rings. The summed E-state index contributed by atoms with van der Waals surface area (Å²) in [6.07, 6.45) is 3.91. The molecule has 0 atom stereocenters. The van der Waals surface area contributed by atoms with Gasteiger partial charge in [0.2, 0.25) is 0 Å². The molecular formula is C16H16O. The third-order valence-corrected chi connectivity index (χ3v) is 3.15. The Morgan fingerprint density at radius 3 is 2.35 bits per heavy atom. The monoisotopic (exact) mass is 224 g/mol. The Hall–Kier alpha value is -1.76. The lowest BCUT2D eigenvalue weighted by molar-refractivity contribution is 0.474. The summed E-state index contributed by atoms with van der Waals surface area (Å²) in [4.78, 5) is 0. The Morgan fingerprint density at radius 1 is 0.882 bits per heavy atom. The average molecular weight is 224 g/mol. The lowest BCUT2D eigenvalue weighted by atomic mass is 10.1. The molecule has 0 amide bonds. The van der Waals surface area contributed by atoms with Gasteiger partial charge in [-0.15, -0.1) is 0 Å². The van der Waals surface area contributed by atoms with Crippen molar-refractivity contribution >= 4 is 0 Å². The minimum absolute atomic E-state index is 0.885. The van der Waals surface area contributed by atoms with Gasteiger partial charge in [0.05, 0.1) is 0 Å². The van der Waals surface area contributed by atoms with Crippen molar-refractivity contribution in [2.45, 2.75) is 19.3 Å². The number of hydrogen-bond donors (Lipinski definition) is 0. The van der Waals surface area contributed by atoms with E-state index in [-0.39, 0.29) is 0 Å². The van der Waals surface area contributed by atoms with Crippen molar-refractivity contribution in [2.24, 2.45) is 5.92 Å². The molecule has 0 radical (unpaired) electrons. The first-order valence-corrected chi connectivity index (χ1v) is 6.22. The van der Waals surface area contributed by atoms with Crippen molar-refractivity contribution in [1.29, 1.82) is 0 Å². The average Bonchev–Trinajstić information content (AvgIpc) is 3.17. The lowest BCUT2D eigenvalue weighted by Crippen LogP contribution is -1.92. The molecule has 0 aromatic heterocycles. The zero-order valence-corrected chi connectivity index (χ0v) is 9.80. The fourth-order valence-electron chi connectivity index (χ4n) is 2.02. The van der Waals surface area contributed by atoms with E-state index in [2.05, 4.69) is 18.2 Å². The topological polar surface area (TPSA) is 9.23 Å². The van der Waals surface area contributed by atoms with Crippen LogP contribution in [0.2, 0.25) is 0 Å². The Bertz CT molecular complexity index is 486. The summed E-state index contributed by atoms with van der Waals surface area (Å²) in [5.41, 5.74) is 1.33. The molecule has 0 heterocycles. The lowest BCUT2D eigenvalue weighted by Gasteiger charge is -2.10. The van der Waals surface area contributed by atoms with Gasteiger partial charge < -0.3 is 4.74 Å². The van der Waals surface area contributed by atoms with Crippen LogP contribution >= 0.6 is 0 Å². The predicted molar refractivity (Wildman–Crippen MR) is 69.4 cm³/mol. The Balaban J connectivity index is 1.81. The van der Waals surface area contributed by atoms with Gasteiger partial charge in [0.25, 0.3) is 0 Å². The molecule has 0 saturated heterocycles. The van der Waals surface area contributed by atoms with E-state index in [0.29, 0.717) is 0 Å². The summed E-state index contributed by atoms with van der Waals surface area (Å²) in [7, 11) is 0. The number of para-hydroxylation sites is 2. The molecule has 0 N–H and O–H groups in total. The largest absolute Gasteiger partial charge is 0.457 e. The minimum Gasteiger partial charge on any atom is -0.457 e. The van der Waals surface area contributed by atoms with Crippen molar-refractivity contribution in [3.63, 3.8) is 0 Å². The Labute approximate surface area is 102 Å². The summed E-state index contributed by atoms with van der Waals surface area (Å²) >= 11 is 0. The zero-order chi connectivity index (χ0) is 11.5. The van der Waals surface area contributed by atoms with Crippen molar-refractivity contribution in [3.05, 3.63) is 60.2 Å². The second-order valence-electron chi connectivity index (χ2n) is 4.67. The van der Waals surface area contributed by atoms with Crippen LogP contribution in [-0.4, -0.2) is 0 Å². The van der Waals surface area contributed by atoms with Gasteiger partial charge in [-0.2, -0.15) is 0 Å². The Kier molecular flexibility index (Phi) is 2.83. The molecule has 2 aromatic carbocycles. The highest BCUT2D eigenvalue weighted by Gasteiger charge is 2.22. The van der Waals surface area contributed by atoms with Crippen LogP contribution in [-0.2, 0) is 6.42 Å². The highest BCUT2D eigenvalue weighted by atomic mass is 16.5. The van der Waals surface area contributed by atoms with Gasteiger partial charge in [-0.1, -0.05) is 36.4 Å². The molecule has 0 aliphatic heterocycles. The van der Waals surface area contributed by atoms with Crippen LogP contribution in [0.5, 0.6) is 11.5 Å². The molecule has 0 bridgehead atoms. The smallest absolute Gasteiger partial charge is 0.130 e. The first-order chi connectivity index (χ1) is 8.42. The molecule has 1 aliphatic rings. The number of rotatable bonds is 4. The van der Waals surface area contributed by atoms with E-state index >= 15 is 0 Å². The summed E-state index contributed by atoms with van der Waals surface area (Å²) < 4.78 is 5.94. The van der Waals surface area contributed by atoms with Gasteiger partial charge >= 0.3 is 0 Å². The maximum Gasteiger partial charge on any atom is 0.130 e. The molecule has 1 saturated carbocycles. The van der Waals surface area contributed by atoms with Gasteiger partial charge in [-0.05, 0) is 48.9 Å². The maximum absolute atomic E-state index is 5.94. The van der Waals surface area contributed by atoms with Crippen LogP contribution in [0.4, 0.5) is 0 Å². The fraction of sp³-hybridized carbons (Fsp3) is 0.250. The molecule has 1 aliphatic carbocycles.